The third-order valence-electron chi connectivity index (χ3n) is 3.69. The van der Waals surface area contributed by atoms with E-state index in [9.17, 15) is 9.59 Å². The van der Waals surface area contributed by atoms with Crippen molar-refractivity contribution in [2.24, 2.45) is 5.92 Å². The Morgan fingerprint density at radius 1 is 1.09 bits per heavy atom. The average Bonchev–Trinajstić information content (AvgIpc) is 2.38. The number of carbonyl (C=O) groups excluding carboxylic acids is 2. The molecular formula is C16H28N2O4S. The Balaban J connectivity index is 2.36. The molecule has 0 saturated heterocycles. The summed E-state index contributed by atoms with van der Waals surface area (Å²) in [6.45, 7) is 5.40. The van der Waals surface area contributed by atoms with Crippen molar-refractivity contribution in [3.63, 3.8) is 0 Å². The molecule has 2 N–H and O–H groups in total. The molecule has 0 aromatic rings. The number of esters is 1. The van der Waals surface area contributed by atoms with Crippen LogP contribution in [-0.2, 0) is 14.3 Å². The normalized spacial score (nSPS) is 22.3. The highest BCUT2D eigenvalue weighted by Crippen LogP contribution is 2.23. The fraction of sp³-hybridized carbons (Fsp3) is 0.812. The summed E-state index contributed by atoms with van der Waals surface area (Å²) in [6.07, 6.45) is 4.77. The fourth-order valence-electron chi connectivity index (χ4n) is 2.67. The van der Waals surface area contributed by atoms with E-state index in [1.807, 2.05) is 0 Å². The van der Waals surface area contributed by atoms with E-state index in [4.69, 9.17) is 21.7 Å². The molecule has 1 rings (SSSR count). The van der Waals surface area contributed by atoms with Gasteiger partial charge in [-0.15, -0.1) is 0 Å². The monoisotopic (exact) mass is 344 g/mol. The van der Waals surface area contributed by atoms with E-state index in [0.717, 1.165) is 38.5 Å². The molecule has 0 spiro atoms. The van der Waals surface area contributed by atoms with Crippen molar-refractivity contribution in [2.45, 2.75) is 70.9 Å². The van der Waals surface area contributed by atoms with Crippen LogP contribution in [0.2, 0.25) is 0 Å². The lowest BCUT2D eigenvalue weighted by Crippen LogP contribution is -2.46. The van der Waals surface area contributed by atoms with Crippen molar-refractivity contribution in [1.29, 1.82) is 0 Å². The van der Waals surface area contributed by atoms with Crippen molar-refractivity contribution in [3.8, 4) is 0 Å². The van der Waals surface area contributed by atoms with Crippen LogP contribution in [0.25, 0.3) is 0 Å². The molecule has 1 amide bonds. The lowest BCUT2D eigenvalue weighted by Gasteiger charge is -2.25. The van der Waals surface area contributed by atoms with Crippen LogP contribution in [-0.4, -0.2) is 35.9 Å². The second-order valence-electron chi connectivity index (χ2n) is 6.88. The molecule has 1 saturated carbocycles. The second kappa shape index (κ2) is 9.05. The number of hydrogen-bond donors (Lipinski definition) is 2. The molecule has 1 aliphatic carbocycles. The molecule has 0 heterocycles. The minimum absolute atomic E-state index is 0.00721. The topological polar surface area (TPSA) is 76.7 Å². The minimum Gasteiger partial charge on any atom is -0.469 e. The SMILES string of the molecule is COC(=O)C1CCCC(NC(=S)NC(=O)OC(C)(C)C)CCC1. The van der Waals surface area contributed by atoms with Gasteiger partial charge in [-0.3, -0.25) is 10.1 Å². The van der Waals surface area contributed by atoms with Crippen LogP contribution in [0.3, 0.4) is 0 Å². The molecule has 0 aromatic carbocycles. The summed E-state index contributed by atoms with van der Waals surface area (Å²) < 4.78 is 9.99. The molecule has 0 atom stereocenters. The first-order valence-electron chi connectivity index (χ1n) is 8.09. The molecule has 0 radical (unpaired) electrons. The Labute approximate surface area is 143 Å². The summed E-state index contributed by atoms with van der Waals surface area (Å²) in [5.74, 6) is -0.105. The zero-order valence-corrected chi connectivity index (χ0v) is 15.3. The maximum absolute atomic E-state index is 11.7. The zero-order valence-electron chi connectivity index (χ0n) is 14.4. The van der Waals surface area contributed by atoms with Crippen LogP contribution in [0.5, 0.6) is 0 Å². The van der Waals surface area contributed by atoms with Gasteiger partial charge in [0.2, 0.25) is 0 Å². The largest absolute Gasteiger partial charge is 0.469 e. The van der Waals surface area contributed by atoms with E-state index < -0.39 is 11.7 Å². The third kappa shape index (κ3) is 8.16. The number of alkyl carbamates (subject to hydrolysis) is 1. The number of hydrogen-bond acceptors (Lipinski definition) is 5. The number of amides is 1. The van der Waals surface area contributed by atoms with E-state index in [1.54, 1.807) is 20.8 Å². The molecule has 1 fully saturated rings. The van der Waals surface area contributed by atoms with Gasteiger partial charge in [-0.1, -0.05) is 12.8 Å². The molecule has 0 unspecified atom stereocenters. The predicted molar refractivity (Wildman–Crippen MR) is 92.1 cm³/mol. The van der Waals surface area contributed by atoms with Gasteiger partial charge < -0.3 is 14.8 Å². The summed E-state index contributed by atoms with van der Waals surface area (Å²) >= 11 is 5.16. The molecule has 7 heteroatoms. The molecule has 6 nitrogen and oxygen atoms in total. The van der Waals surface area contributed by atoms with E-state index >= 15 is 0 Å². The van der Waals surface area contributed by atoms with Crippen molar-refractivity contribution < 1.29 is 19.1 Å². The Kier molecular flexibility index (Phi) is 7.75. The molecule has 0 aliphatic heterocycles. The van der Waals surface area contributed by atoms with E-state index in [0.29, 0.717) is 0 Å². The van der Waals surface area contributed by atoms with Crippen LogP contribution in [0, 0.1) is 5.92 Å². The predicted octanol–water partition coefficient (Wildman–Crippen LogP) is 2.90. The van der Waals surface area contributed by atoms with E-state index in [-0.39, 0.29) is 23.0 Å². The minimum atomic E-state index is -0.553. The molecule has 0 aromatic heterocycles. The van der Waals surface area contributed by atoms with Crippen molar-refractivity contribution in [3.05, 3.63) is 0 Å². The Hall–Kier alpha value is -1.37. The van der Waals surface area contributed by atoms with Crippen molar-refractivity contribution in [2.75, 3.05) is 7.11 Å². The maximum atomic E-state index is 11.7. The van der Waals surface area contributed by atoms with Crippen molar-refractivity contribution >= 4 is 29.4 Å². The van der Waals surface area contributed by atoms with E-state index in [2.05, 4.69) is 10.6 Å². The highest BCUT2D eigenvalue weighted by atomic mass is 32.1. The van der Waals surface area contributed by atoms with Gasteiger partial charge in [0, 0.05) is 6.04 Å². The Bertz CT molecular complexity index is 424. The van der Waals surface area contributed by atoms with Gasteiger partial charge in [0.05, 0.1) is 13.0 Å². The molecule has 1 aliphatic rings. The standard InChI is InChI=1S/C16H28N2O4S/c1-16(2,3)22-15(20)18-14(23)17-12-9-5-7-11(8-6-10-12)13(19)21-4/h11-12H,5-10H2,1-4H3,(H2,17,18,20,23). The number of thiocarbonyl (C=S) groups is 1. The van der Waals surface area contributed by atoms with Crippen LogP contribution >= 0.6 is 12.2 Å². The summed E-state index contributed by atoms with van der Waals surface area (Å²) in [7, 11) is 1.44. The highest BCUT2D eigenvalue weighted by Gasteiger charge is 2.23. The van der Waals surface area contributed by atoms with Gasteiger partial charge in [-0.05, 0) is 58.7 Å². The van der Waals surface area contributed by atoms with Gasteiger partial charge in [-0.25, -0.2) is 4.79 Å². The third-order valence-corrected chi connectivity index (χ3v) is 3.91. The van der Waals surface area contributed by atoms with Gasteiger partial charge in [0.25, 0.3) is 0 Å². The highest BCUT2D eigenvalue weighted by molar-refractivity contribution is 7.80. The van der Waals surface area contributed by atoms with Gasteiger partial charge >= 0.3 is 12.1 Å². The van der Waals surface area contributed by atoms with Crippen LogP contribution in [0.4, 0.5) is 4.79 Å². The smallest absolute Gasteiger partial charge is 0.413 e. The first kappa shape index (κ1) is 19.7. The lowest BCUT2D eigenvalue weighted by molar-refractivity contribution is -0.146. The maximum Gasteiger partial charge on any atom is 0.413 e. The number of methoxy groups -OCH3 is 1. The quantitative estimate of drug-likeness (QED) is 0.592. The first-order valence-corrected chi connectivity index (χ1v) is 8.50. The average molecular weight is 344 g/mol. The molecule has 23 heavy (non-hydrogen) atoms. The lowest BCUT2D eigenvalue weighted by atomic mass is 9.89. The Morgan fingerprint density at radius 2 is 1.65 bits per heavy atom. The number of rotatable bonds is 2. The first-order chi connectivity index (χ1) is 10.7. The molecule has 132 valence electrons. The van der Waals surface area contributed by atoms with Crippen LogP contribution < -0.4 is 10.6 Å². The summed E-state index contributed by atoms with van der Waals surface area (Å²) in [5.41, 5.74) is -0.553. The van der Waals surface area contributed by atoms with Gasteiger partial charge in [0.1, 0.15) is 5.60 Å². The number of nitrogens with one attached hydrogen (secondary N) is 2. The number of carbonyl (C=O) groups is 2. The van der Waals surface area contributed by atoms with Gasteiger partial charge in [-0.2, -0.15) is 0 Å². The Morgan fingerprint density at radius 3 is 2.13 bits per heavy atom. The summed E-state index contributed by atoms with van der Waals surface area (Å²) in [6, 6.07) is 0.205. The summed E-state index contributed by atoms with van der Waals surface area (Å²) in [5, 5.41) is 5.99. The van der Waals surface area contributed by atoms with Crippen LogP contribution in [0.15, 0.2) is 0 Å². The molecule has 0 bridgehead atoms. The van der Waals surface area contributed by atoms with E-state index in [1.165, 1.54) is 7.11 Å². The van der Waals surface area contributed by atoms with Crippen molar-refractivity contribution in [1.82, 2.24) is 10.6 Å². The van der Waals surface area contributed by atoms with Crippen LogP contribution in [0.1, 0.15) is 59.3 Å². The summed E-state index contributed by atoms with van der Waals surface area (Å²) in [4.78, 5) is 23.3. The fourth-order valence-corrected chi connectivity index (χ4v) is 2.92. The second-order valence-corrected chi connectivity index (χ2v) is 7.29. The zero-order chi connectivity index (χ0) is 17.5. The van der Waals surface area contributed by atoms with Gasteiger partial charge in [0.15, 0.2) is 5.11 Å². The molecular weight excluding hydrogens is 316 g/mol. The number of ether oxygens (including phenoxy) is 2.